The first-order valence-electron chi connectivity index (χ1n) is 4.24. The third-order valence-corrected chi connectivity index (χ3v) is 2.59. The number of amides is 1. The number of anilines is 1. The van der Waals surface area contributed by atoms with Crippen molar-refractivity contribution in [3.05, 3.63) is 28.0 Å². The smallest absolute Gasteiger partial charge is 0.471 e. The molecule has 1 rings (SSSR count). The Bertz CT molecular complexity index is 515. The molecule has 0 atom stereocenters. The van der Waals surface area contributed by atoms with Gasteiger partial charge in [-0.05, 0) is 28.1 Å². The van der Waals surface area contributed by atoms with Crippen LogP contribution < -0.4 is 5.32 Å². The molecule has 4 nitrogen and oxygen atoms in total. The van der Waals surface area contributed by atoms with Gasteiger partial charge in [0.2, 0.25) is 0 Å². The van der Waals surface area contributed by atoms with E-state index in [-0.39, 0.29) is 0 Å². The summed E-state index contributed by atoms with van der Waals surface area (Å²) in [4.78, 5) is 21.2. The molecule has 1 amide bonds. The van der Waals surface area contributed by atoms with Crippen molar-refractivity contribution >= 4 is 33.5 Å². The number of carboxylic acids is 1. The lowest BCUT2D eigenvalue weighted by Crippen LogP contribution is -2.30. The van der Waals surface area contributed by atoms with Gasteiger partial charge in [-0.15, -0.1) is 0 Å². The zero-order valence-corrected chi connectivity index (χ0v) is 9.89. The summed E-state index contributed by atoms with van der Waals surface area (Å²) in [5.41, 5.74) is -1.24. The number of benzene rings is 1. The molecule has 0 bridgehead atoms. The van der Waals surface area contributed by atoms with Crippen molar-refractivity contribution in [2.24, 2.45) is 0 Å². The van der Waals surface area contributed by atoms with Crippen molar-refractivity contribution in [2.45, 2.75) is 6.18 Å². The van der Waals surface area contributed by atoms with Gasteiger partial charge < -0.3 is 10.4 Å². The topological polar surface area (TPSA) is 66.4 Å². The van der Waals surface area contributed by atoms with Gasteiger partial charge in [0, 0.05) is 0 Å². The van der Waals surface area contributed by atoms with Crippen LogP contribution in [-0.4, -0.2) is 23.2 Å². The molecule has 0 aliphatic rings. The summed E-state index contributed by atoms with van der Waals surface area (Å²) in [6.45, 7) is 0. The highest BCUT2D eigenvalue weighted by Gasteiger charge is 2.39. The normalized spacial score (nSPS) is 11.2. The molecule has 0 heterocycles. The van der Waals surface area contributed by atoms with Crippen LogP contribution in [0.1, 0.15) is 10.4 Å². The van der Waals surface area contributed by atoms with Crippen LogP contribution in [0.15, 0.2) is 16.6 Å². The Hall–Kier alpha value is -1.64. The number of aromatic carboxylic acids is 1. The average Bonchev–Trinajstić information content (AvgIpc) is 2.22. The van der Waals surface area contributed by atoms with Crippen LogP contribution in [-0.2, 0) is 4.79 Å². The SMILES string of the molecule is O=C(O)c1ccc(NC(=O)C(F)(F)F)c(F)c1Br. The van der Waals surface area contributed by atoms with E-state index in [1.165, 1.54) is 5.32 Å². The Labute approximate surface area is 106 Å². The first-order valence-corrected chi connectivity index (χ1v) is 5.03. The van der Waals surface area contributed by atoms with Crippen LogP contribution in [0, 0.1) is 5.82 Å². The molecule has 0 saturated carbocycles. The molecule has 0 spiro atoms. The number of alkyl halides is 3. The summed E-state index contributed by atoms with van der Waals surface area (Å²) in [6, 6.07) is 1.59. The highest BCUT2D eigenvalue weighted by atomic mass is 79.9. The molecule has 0 aromatic heterocycles. The van der Waals surface area contributed by atoms with E-state index in [1.54, 1.807) is 0 Å². The van der Waals surface area contributed by atoms with E-state index in [9.17, 15) is 27.2 Å². The first-order chi connectivity index (χ1) is 8.14. The van der Waals surface area contributed by atoms with E-state index in [0.29, 0.717) is 0 Å². The van der Waals surface area contributed by atoms with Crippen molar-refractivity contribution in [1.82, 2.24) is 0 Å². The molecule has 1 aromatic rings. The second-order valence-corrected chi connectivity index (χ2v) is 3.84. The fraction of sp³-hybridized carbons (Fsp3) is 0.111. The van der Waals surface area contributed by atoms with E-state index in [4.69, 9.17) is 5.11 Å². The fourth-order valence-corrected chi connectivity index (χ4v) is 1.52. The third-order valence-electron chi connectivity index (χ3n) is 1.82. The molecular weight excluding hydrogens is 326 g/mol. The Balaban J connectivity index is 3.11. The predicted octanol–water partition coefficient (Wildman–Crippen LogP) is 2.79. The van der Waals surface area contributed by atoms with Crippen molar-refractivity contribution in [3.63, 3.8) is 0 Å². The van der Waals surface area contributed by atoms with E-state index in [2.05, 4.69) is 15.9 Å². The molecule has 18 heavy (non-hydrogen) atoms. The summed E-state index contributed by atoms with van der Waals surface area (Å²) in [5.74, 6) is -5.11. The maximum Gasteiger partial charge on any atom is 0.471 e. The van der Waals surface area contributed by atoms with Crippen LogP contribution in [0.3, 0.4) is 0 Å². The largest absolute Gasteiger partial charge is 0.478 e. The molecular formula is C9H4BrF4NO3. The van der Waals surface area contributed by atoms with Crippen molar-refractivity contribution in [2.75, 3.05) is 5.32 Å². The van der Waals surface area contributed by atoms with E-state index in [1.807, 2.05) is 0 Å². The minimum atomic E-state index is -5.16. The quantitative estimate of drug-likeness (QED) is 0.820. The lowest BCUT2D eigenvalue weighted by Gasteiger charge is -2.10. The van der Waals surface area contributed by atoms with Gasteiger partial charge in [0.15, 0.2) is 5.82 Å². The summed E-state index contributed by atoms with van der Waals surface area (Å²) < 4.78 is 48.7. The third kappa shape index (κ3) is 2.97. The lowest BCUT2D eigenvalue weighted by atomic mass is 10.2. The summed E-state index contributed by atoms with van der Waals surface area (Å²) in [6.07, 6.45) is -5.16. The van der Waals surface area contributed by atoms with Crippen LogP contribution in [0.25, 0.3) is 0 Å². The Morgan fingerprint density at radius 1 is 1.28 bits per heavy atom. The number of rotatable bonds is 2. The van der Waals surface area contributed by atoms with Gasteiger partial charge in [-0.2, -0.15) is 13.2 Å². The zero-order valence-electron chi connectivity index (χ0n) is 8.31. The van der Waals surface area contributed by atoms with Gasteiger partial charge in [0.05, 0.1) is 15.7 Å². The minimum Gasteiger partial charge on any atom is -0.478 e. The lowest BCUT2D eigenvalue weighted by molar-refractivity contribution is -0.167. The van der Waals surface area contributed by atoms with Gasteiger partial charge in [0.25, 0.3) is 0 Å². The van der Waals surface area contributed by atoms with Gasteiger partial charge >= 0.3 is 18.1 Å². The number of carboxylic acid groups (broad SMARTS) is 1. The minimum absolute atomic E-state index is 0.475. The summed E-state index contributed by atoms with van der Waals surface area (Å²) in [7, 11) is 0. The molecule has 2 N–H and O–H groups in total. The highest BCUT2D eigenvalue weighted by Crippen LogP contribution is 2.28. The van der Waals surface area contributed by atoms with Gasteiger partial charge in [-0.1, -0.05) is 0 Å². The van der Waals surface area contributed by atoms with Crippen LogP contribution in [0.2, 0.25) is 0 Å². The summed E-state index contributed by atoms with van der Waals surface area (Å²) >= 11 is 2.58. The number of carbonyl (C=O) groups is 2. The molecule has 0 radical (unpaired) electrons. The monoisotopic (exact) mass is 329 g/mol. The maximum absolute atomic E-state index is 13.5. The highest BCUT2D eigenvalue weighted by molar-refractivity contribution is 9.10. The Morgan fingerprint density at radius 2 is 1.83 bits per heavy atom. The first kappa shape index (κ1) is 14.4. The second kappa shape index (κ2) is 4.92. The molecule has 0 aliphatic carbocycles. The standard InChI is InChI=1S/C9H4BrF4NO3/c10-5-3(7(16)17)1-2-4(6(5)11)15-8(18)9(12,13)14/h1-2H,(H,15,18)(H,16,17). The molecule has 0 saturated heterocycles. The number of hydrogen-bond donors (Lipinski definition) is 2. The van der Waals surface area contributed by atoms with Crippen molar-refractivity contribution < 1.29 is 32.3 Å². The molecule has 0 fully saturated rings. The van der Waals surface area contributed by atoms with E-state index in [0.717, 1.165) is 12.1 Å². The Morgan fingerprint density at radius 3 is 2.28 bits per heavy atom. The molecule has 1 aromatic carbocycles. The van der Waals surface area contributed by atoms with Crippen LogP contribution in [0.4, 0.5) is 23.2 Å². The van der Waals surface area contributed by atoms with Gasteiger partial charge in [-0.3, -0.25) is 4.79 Å². The number of halogens is 5. The van der Waals surface area contributed by atoms with E-state index >= 15 is 0 Å². The number of carbonyl (C=O) groups excluding carboxylic acids is 1. The maximum atomic E-state index is 13.5. The second-order valence-electron chi connectivity index (χ2n) is 3.05. The molecule has 0 unspecified atom stereocenters. The van der Waals surface area contributed by atoms with Crippen LogP contribution in [0.5, 0.6) is 0 Å². The van der Waals surface area contributed by atoms with E-state index < -0.39 is 39.6 Å². The van der Waals surface area contributed by atoms with Gasteiger partial charge in [0.1, 0.15) is 0 Å². The average molecular weight is 330 g/mol. The number of nitrogens with one attached hydrogen (secondary N) is 1. The van der Waals surface area contributed by atoms with Crippen molar-refractivity contribution in [3.8, 4) is 0 Å². The van der Waals surface area contributed by atoms with Gasteiger partial charge in [-0.25, -0.2) is 9.18 Å². The zero-order chi connectivity index (χ0) is 14.1. The summed E-state index contributed by atoms with van der Waals surface area (Å²) in [5, 5.41) is 9.92. The van der Waals surface area contributed by atoms with Crippen molar-refractivity contribution in [1.29, 1.82) is 0 Å². The molecule has 98 valence electrons. The fourth-order valence-electron chi connectivity index (χ4n) is 1.00. The molecule has 0 aliphatic heterocycles. The molecule has 9 heteroatoms. The van der Waals surface area contributed by atoms with Crippen LogP contribution >= 0.6 is 15.9 Å². The number of hydrogen-bond acceptors (Lipinski definition) is 2. The predicted molar refractivity (Wildman–Crippen MR) is 55.7 cm³/mol. The Kier molecular flexibility index (Phi) is 3.95.